The number of halogens is 1. The van der Waals surface area contributed by atoms with Gasteiger partial charge in [-0.05, 0) is 0 Å². The fourth-order valence-corrected chi connectivity index (χ4v) is 0.324. The van der Waals surface area contributed by atoms with Crippen molar-refractivity contribution in [3.05, 3.63) is 0 Å². The first-order valence-corrected chi connectivity index (χ1v) is 2.58. The van der Waals surface area contributed by atoms with Crippen molar-refractivity contribution in [1.82, 2.24) is 0 Å². The van der Waals surface area contributed by atoms with E-state index < -0.39 is 18.7 Å². The Morgan fingerprint density at radius 3 is 2.60 bits per heavy atom. The number of aliphatic carboxylic acids is 1. The van der Waals surface area contributed by atoms with Crippen LogP contribution in [0.25, 0.3) is 0 Å². The Hall–Kier alpha value is 1.28. The Kier molecular flexibility index (Phi) is 11.6. The quantitative estimate of drug-likeness (QED) is 0.449. The molecule has 0 aliphatic carbocycles. The summed E-state index contributed by atoms with van der Waals surface area (Å²) in [6.45, 7) is -0.570. The zero-order valence-corrected chi connectivity index (χ0v) is 9.12. The van der Waals surface area contributed by atoms with Gasteiger partial charge in [-0.1, -0.05) is 0 Å². The van der Waals surface area contributed by atoms with Gasteiger partial charge in [0.1, 0.15) is 12.7 Å². The minimum Gasteiger partial charge on any atom is -0.547 e. The molecule has 0 amide bonds. The van der Waals surface area contributed by atoms with Gasteiger partial charge in [0, 0.05) is 0 Å². The summed E-state index contributed by atoms with van der Waals surface area (Å²) in [6, 6.07) is 0. The van der Waals surface area contributed by atoms with Crippen LogP contribution in [0.2, 0.25) is 0 Å². The van der Waals surface area contributed by atoms with Crippen LogP contribution in [-0.2, 0) is 9.08 Å². The number of hydrogen-bond donors (Lipinski definition) is 1. The van der Waals surface area contributed by atoms with Crippen LogP contribution in [0.15, 0.2) is 0 Å². The molecule has 0 fully saturated rings. The van der Waals surface area contributed by atoms with Crippen LogP contribution in [0.3, 0.4) is 0 Å². The molecule has 5 nitrogen and oxygen atoms in total. The zero-order valence-electron chi connectivity index (χ0n) is 5.24. The molecule has 0 saturated heterocycles. The van der Waals surface area contributed by atoms with Crippen molar-refractivity contribution in [3.63, 3.8) is 0 Å². The molecule has 0 bridgehead atoms. The van der Waals surface area contributed by atoms with E-state index in [4.69, 9.17) is 5.11 Å². The van der Waals surface area contributed by atoms with Crippen LogP contribution in [0.5, 0.6) is 0 Å². The molecule has 0 aromatic carbocycles. The van der Waals surface area contributed by atoms with Crippen LogP contribution in [-0.4, -0.2) is 23.8 Å². The van der Waals surface area contributed by atoms with Crippen molar-refractivity contribution in [1.29, 1.82) is 0 Å². The zero-order chi connectivity index (χ0) is 7.28. The van der Waals surface area contributed by atoms with Gasteiger partial charge in [-0.2, -0.15) is 0 Å². The smallest absolute Gasteiger partial charge is 0.547 e. The molecule has 0 aromatic heterocycles. The van der Waals surface area contributed by atoms with Crippen molar-refractivity contribution in [3.8, 4) is 0 Å². The maximum absolute atomic E-state index is 9.65. The van der Waals surface area contributed by atoms with Crippen LogP contribution >= 0.6 is 0 Å². The maximum atomic E-state index is 9.65. The summed E-state index contributed by atoms with van der Waals surface area (Å²) in [5, 5.41) is 18.0. The first-order chi connectivity index (χ1) is 4.18. The van der Waals surface area contributed by atoms with E-state index in [1.165, 1.54) is 0 Å². The van der Waals surface area contributed by atoms with Gasteiger partial charge >= 0.3 is 62.7 Å². The fourth-order valence-electron chi connectivity index (χ4n) is 0.153. The number of carbonyl (C=O) groups is 1. The van der Waals surface area contributed by atoms with E-state index in [1.807, 2.05) is 0 Å². The summed E-state index contributed by atoms with van der Waals surface area (Å²) in [5.74, 6) is -1.66. The predicted molar refractivity (Wildman–Crippen MR) is 17.0 cm³/mol. The molecular formula is C3H4ClKO5. The molecule has 7 heteroatoms. The summed E-state index contributed by atoms with van der Waals surface area (Å²) in [7, 11) is 0. The molecule has 0 saturated carbocycles. The summed E-state index contributed by atoms with van der Waals surface area (Å²) in [4.78, 5) is 9.65. The molecule has 0 spiro atoms. The van der Waals surface area contributed by atoms with Crippen molar-refractivity contribution in [2.45, 2.75) is 6.10 Å². The number of hydrogen-bond acceptors (Lipinski definition) is 5. The number of carboxylic acids is 1. The Labute approximate surface area is 104 Å². The number of carbonyl (C=O) groups excluding carboxylic acids is 1. The van der Waals surface area contributed by atoms with Gasteiger partial charge in [-0.3, -0.25) is 0 Å². The Bertz CT molecular complexity index is 98.9. The second-order valence-corrected chi connectivity index (χ2v) is 1.52. The molecule has 0 aliphatic rings. The average Bonchev–Trinajstić information content (AvgIpc) is 1.82. The van der Waals surface area contributed by atoms with Crippen molar-refractivity contribution in [2.75, 3.05) is 6.61 Å². The first kappa shape index (κ1) is 13.8. The summed E-state index contributed by atoms with van der Waals surface area (Å²) < 4.78 is 13.3. The third kappa shape index (κ3) is 7.38. The molecule has 54 valence electrons. The normalized spacial score (nSPS) is 11.8. The topological polar surface area (TPSA) is 92.7 Å². The number of rotatable bonds is 4. The predicted octanol–water partition coefficient (Wildman–Crippen LogP) is -6.61. The Morgan fingerprint density at radius 1 is 1.80 bits per heavy atom. The third-order valence-electron chi connectivity index (χ3n) is 0.537. The van der Waals surface area contributed by atoms with E-state index in [9.17, 15) is 14.6 Å². The van der Waals surface area contributed by atoms with E-state index in [-0.39, 0.29) is 62.7 Å². The monoisotopic (exact) mass is 194 g/mol. The van der Waals surface area contributed by atoms with Crippen LogP contribution in [0.4, 0.5) is 0 Å². The van der Waals surface area contributed by atoms with Crippen molar-refractivity contribution in [2.24, 2.45) is 0 Å². The number of aliphatic hydroxyl groups is 1. The molecule has 0 radical (unpaired) electrons. The third-order valence-corrected chi connectivity index (χ3v) is 0.753. The van der Waals surface area contributed by atoms with Crippen LogP contribution in [0.1, 0.15) is 0 Å². The van der Waals surface area contributed by atoms with Crippen molar-refractivity contribution < 1.29 is 86.7 Å². The summed E-state index contributed by atoms with van der Waals surface area (Å²) in [5.41, 5.74) is 0. The standard InChI is InChI=1S/C3H5ClO5.K/c5-2(3(6)7)1-9-4-8;/h2,5H,1H2,(H,6,7);/q;+1/p-1. The maximum Gasteiger partial charge on any atom is 1.00 e. The van der Waals surface area contributed by atoms with Gasteiger partial charge in [0.05, 0.1) is 5.97 Å². The SMILES string of the molecule is O=C([O-])C(O)CO[Cl+][O-].[K+]. The van der Waals surface area contributed by atoms with Crippen LogP contribution in [0, 0.1) is 11.3 Å². The minimum absolute atomic E-state index is 0. The van der Waals surface area contributed by atoms with E-state index >= 15 is 0 Å². The second kappa shape index (κ2) is 8.37. The van der Waals surface area contributed by atoms with Gasteiger partial charge in [0.2, 0.25) is 0 Å². The van der Waals surface area contributed by atoms with Crippen LogP contribution < -0.4 is 61.2 Å². The van der Waals surface area contributed by atoms with E-state index in [0.29, 0.717) is 0 Å². The fraction of sp³-hybridized carbons (Fsp3) is 0.667. The van der Waals surface area contributed by atoms with Gasteiger partial charge in [-0.15, -0.1) is 4.29 Å². The first-order valence-electron chi connectivity index (χ1n) is 1.96. The Morgan fingerprint density at radius 2 is 2.30 bits per heavy atom. The number of aliphatic hydroxyl groups excluding tert-OH is 1. The molecule has 1 unspecified atom stereocenters. The van der Waals surface area contributed by atoms with Gasteiger partial charge in [0.15, 0.2) is 0 Å². The molecule has 1 N–H and O–H groups in total. The average molecular weight is 195 g/mol. The van der Waals surface area contributed by atoms with Crippen molar-refractivity contribution >= 4 is 5.97 Å². The number of carboxylic acid groups (broad SMARTS) is 1. The largest absolute Gasteiger partial charge is 1.00 e. The van der Waals surface area contributed by atoms with Gasteiger partial charge in [-0.25, -0.2) is 0 Å². The van der Waals surface area contributed by atoms with Gasteiger partial charge in [0.25, 0.3) is 0 Å². The molecule has 0 heterocycles. The Balaban J connectivity index is 0. The summed E-state index contributed by atoms with van der Waals surface area (Å²) in [6.07, 6.45) is -1.73. The molecule has 10 heavy (non-hydrogen) atoms. The molecule has 0 rings (SSSR count). The minimum atomic E-state index is -1.73. The molecule has 0 aliphatic heterocycles. The van der Waals surface area contributed by atoms with E-state index in [0.717, 1.165) is 0 Å². The van der Waals surface area contributed by atoms with Gasteiger partial charge < -0.3 is 19.7 Å². The summed E-state index contributed by atoms with van der Waals surface area (Å²) >= 11 is 0.148. The molecular weight excluding hydrogens is 191 g/mol. The van der Waals surface area contributed by atoms with E-state index in [1.54, 1.807) is 0 Å². The molecule has 0 aromatic rings. The molecule has 1 atom stereocenters. The van der Waals surface area contributed by atoms with E-state index in [2.05, 4.69) is 4.29 Å². The second-order valence-electron chi connectivity index (χ2n) is 1.17.